The van der Waals surface area contributed by atoms with E-state index in [1.54, 1.807) is 0 Å². The molecule has 1 aliphatic carbocycles. The molecule has 2 rings (SSSR count). The van der Waals surface area contributed by atoms with Crippen molar-refractivity contribution in [3.8, 4) is 0 Å². The molecule has 0 aromatic heterocycles. The Balaban J connectivity index is 1.66. The molecule has 0 heterocycles. The number of nitrogen functional groups attached to an aromatic ring is 1. The summed E-state index contributed by atoms with van der Waals surface area (Å²) in [7, 11) is 0. The van der Waals surface area contributed by atoms with E-state index in [0.717, 1.165) is 40.8 Å². The molecule has 18 heavy (non-hydrogen) atoms. The van der Waals surface area contributed by atoms with Crippen LogP contribution in [0.15, 0.2) is 18.2 Å². The average molecular weight is 359 g/mol. The third-order valence-electron chi connectivity index (χ3n) is 2.85. The number of carbonyl (C=O) groups is 1. The number of nitrogens with one attached hydrogen (secondary N) is 2. The Labute approximate surface area is 121 Å². The molecule has 0 unspecified atom stereocenters. The molecule has 0 atom stereocenters. The molecule has 1 fully saturated rings. The van der Waals surface area contributed by atoms with Crippen molar-refractivity contribution in [2.75, 3.05) is 17.6 Å². The number of rotatable bonds is 6. The molecule has 4 N–H and O–H groups in total. The van der Waals surface area contributed by atoms with Gasteiger partial charge < -0.3 is 16.4 Å². The van der Waals surface area contributed by atoms with Crippen molar-refractivity contribution in [1.29, 1.82) is 0 Å². The maximum Gasteiger partial charge on any atom is 0.220 e. The minimum Gasteiger partial charge on any atom is -0.397 e. The van der Waals surface area contributed by atoms with Crippen LogP contribution in [0.3, 0.4) is 0 Å². The van der Waals surface area contributed by atoms with Crippen molar-refractivity contribution in [2.24, 2.45) is 0 Å². The molecule has 1 saturated carbocycles. The van der Waals surface area contributed by atoms with Crippen molar-refractivity contribution in [3.63, 3.8) is 0 Å². The Kier molecular flexibility index (Phi) is 4.68. The predicted molar refractivity (Wildman–Crippen MR) is 82.5 cm³/mol. The molecule has 1 aromatic rings. The lowest BCUT2D eigenvalue weighted by molar-refractivity contribution is -0.121. The molecular weight excluding hydrogens is 341 g/mol. The standard InChI is InChI=1S/C13H18IN3O/c14-9-3-6-12(11(15)8-9)16-7-1-2-13(18)17-10-4-5-10/h3,6,8,10,16H,1-2,4-5,7,15H2,(H,17,18). The second-order valence-corrected chi connectivity index (χ2v) is 5.85. The fourth-order valence-electron chi connectivity index (χ4n) is 1.69. The van der Waals surface area contributed by atoms with E-state index in [-0.39, 0.29) is 5.91 Å². The van der Waals surface area contributed by atoms with E-state index in [1.807, 2.05) is 18.2 Å². The highest BCUT2D eigenvalue weighted by Crippen LogP contribution is 2.21. The first kappa shape index (κ1) is 13.5. The number of anilines is 2. The third kappa shape index (κ3) is 4.36. The highest BCUT2D eigenvalue weighted by molar-refractivity contribution is 14.1. The highest BCUT2D eigenvalue weighted by Gasteiger charge is 2.22. The van der Waals surface area contributed by atoms with Crippen LogP contribution in [0.25, 0.3) is 0 Å². The summed E-state index contributed by atoms with van der Waals surface area (Å²) in [6.45, 7) is 0.767. The lowest BCUT2D eigenvalue weighted by Gasteiger charge is -2.09. The molecule has 4 nitrogen and oxygen atoms in total. The normalized spacial score (nSPS) is 14.3. The molecule has 0 radical (unpaired) electrons. The van der Waals surface area contributed by atoms with Gasteiger partial charge in [0.15, 0.2) is 0 Å². The minimum absolute atomic E-state index is 0.162. The van der Waals surface area contributed by atoms with Gasteiger partial charge in [0.25, 0.3) is 0 Å². The molecule has 5 heteroatoms. The summed E-state index contributed by atoms with van der Waals surface area (Å²) in [5.74, 6) is 0.162. The average Bonchev–Trinajstić information content (AvgIpc) is 3.10. The Morgan fingerprint density at radius 2 is 2.22 bits per heavy atom. The van der Waals surface area contributed by atoms with Crippen molar-refractivity contribution in [2.45, 2.75) is 31.7 Å². The zero-order valence-electron chi connectivity index (χ0n) is 10.2. The van der Waals surface area contributed by atoms with E-state index in [2.05, 4.69) is 33.2 Å². The Hall–Kier alpha value is -0.980. The minimum atomic E-state index is 0.162. The van der Waals surface area contributed by atoms with E-state index in [9.17, 15) is 4.79 Å². The Morgan fingerprint density at radius 1 is 1.44 bits per heavy atom. The molecule has 0 aliphatic heterocycles. The van der Waals surface area contributed by atoms with Gasteiger partial charge >= 0.3 is 0 Å². The molecule has 1 aromatic carbocycles. The van der Waals surface area contributed by atoms with Crippen LogP contribution in [0.2, 0.25) is 0 Å². The van der Waals surface area contributed by atoms with Gasteiger partial charge in [0.1, 0.15) is 0 Å². The second kappa shape index (κ2) is 6.26. The number of carbonyl (C=O) groups excluding carboxylic acids is 1. The fourth-order valence-corrected chi connectivity index (χ4v) is 2.21. The SMILES string of the molecule is Nc1cc(I)ccc1NCCCC(=O)NC1CC1. The lowest BCUT2D eigenvalue weighted by atomic mass is 10.2. The van der Waals surface area contributed by atoms with Gasteiger partial charge in [-0.25, -0.2) is 0 Å². The highest BCUT2D eigenvalue weighted by atomic mass is 127. The molecule has 1 amide bonds. The van der Waals surface area contributed by atoms with Crippen LogP contribution >= 0.6 is 22.6 Å². The van der Waals surface area contributed by atoms with E-state index in [4.69, 9.17) is 5.73 Å². The Bertz CT molecular complexity index is 432. The first-order valence-electron chi connectivity index (χ1n) is 6.23. The number of nitrogens with two attached hydrogens (primary N) is 1. The summed E-state index contributed by atoms with van der Waals surface area (Å²) >= 11 is 2.23. The molecular formula is C13H18IN3O. The molecule has 1 aliphatic rings. The van der Waals surface area contributed by atoms with Gasteiger partial charge in [-0.3, -0.25) is 4.79 Å². The number of hydrogen-bond acceptors (Lipinski definition) is 3. The second-order valence-electron chi connectivity index (χ2n) is 4.60. The van der Waals surface area contributed by atoms with Crippen LogP contribution in [-0.2, 0) is 4.79 Å². The monoisotopic (exact) mass is 359 g/mol. The summed E-state index contributed by atoms with van der Waals surface area (Å²) in [6, 6.07) is 6.38. The van der Waals surface area contributed by atoms with Gasteiger partial charge in [0.05, 0.1) is 11.4 Å². The van der Waals surface area contributed by atoms with Gasteiger partial charge in [0.2, 0.25) is 5.91 Å². The summed E-state index contributed by atoms with van der Waals surface area (Å²) < 4.78 is 1.12. The van der Waals surface area contributed by atoms with Crippen LogP contribution in [0.1, 0.15) is 25.7 Å². The smallest absolute Gasteiger partial charge is 0.220 e. The van der Waals surface area contributed by atoms with Crippen LogP contribution in [0, 0.1) is 3.57 Å². The number of halogens is 1. The van der Waals surface area contributed by atoms with Crippen LogP contribution < -0.4 is 16.4 Å². The van der Waals surface area contributed by atoms with Crippen molar-refractivity contribution < 1.29 is 4.79 Å². The van der Waals surface area contributed by atoms with Crippen molar-refractivity contribution in [3.05, 3.63) is 21.8 Å². The third-order valence-corrected chi connectivity index (χ3v) is 3.52. The first-order chi connectivity index (χ1) is 8.65. The molecule has 98 valence electrons. The van der Waals surface area contributed by atoms with E-state index < -0.39 is 0 Å². The topological polar surface area (TPSA) is 67.1 Å². The summed E-state index contributed by atoms with van der Waals surface area (Å²) in [5.41, 5.74) is 7.59. The van der Waals surface area contributed by atoms with E-state index in [0.29, 0.717) is 12.5 Å². The predicted octanol–water partition coefficient (Wildman–Crippen LogP) is 2.34. The van der Waals surface area contributed by atoms with E-state index >= 15 is 0 Å². The lowest BCUT2D eigenvalue weighted by Crippen LogP contribution is -2.25. The van der Waals surface area contributed by atoms with Gasteiger partial charge in [-0.05, 0) is 60.1 Å². The van der Waals surface area contributed by atoms with Crippen LogP contribution in [0.5, 0.6) is 0 Å². The number of benzene rings is 1. The maximum absolute atomic E-state index is 11.5. The van der Waals surface area contributed by atoms with Gasteiger partial charge in [-0.15, -0.1) is 0 Å². The van der Waals surface area contributed by atoms with Gasteiger partial charge in [0, 0.05) is 22.6 Å². The van der Waals surface area contributed by atoms with Crippen LogP contribution in [0.4, 0.5) is 11.4 Å². The molecule has 0 spiro atoms. The van der Waals surface area contributed by atoms with Crippen molar-refractivity contribution in [1.82, 2.24) is 5.32 Å². The van der Waals surface area contributed by atoms with Crippen molar-refractivity contribution >= 4 is 39.9 Å². The fraction of sp³-hybridized carbons (Fsp3) is 0.462. The van der Waals surface area contributed by atoms with Gasteiger partial charge in [-0.1, -0.05) is 0 Å². The largest absolute Gasteiger partial charge is 0.397 e. The zero-order valence-corrected chi connectivity index (χ0v) is 12.4. The first-order valence-corrected chi connectivity index (χ1v) is 7.31. The summed E-state index contributed by atoms with van der Waals surface area (Å²) in [6.07, 6.45) is 3.68. The molecule has 0 saturated heterocycles. The van der Waals surface area contributed by atoms with E-state index in [1.165, 1.54) is 0 Å². The number of amides is 1. The summed E-state index contributed by atoms with van der Waals surface area (Å²) in [4.78, 5) is 11.5. The Morgan fingerprint density at radius 3 is 2.89 bits per heavy atom. The maximum atomic E-state index is 11.5. The summed E-state index contributed by atoms with van der Waals surface area (Å²) in [5, 5.41) is 6.24. The zero-order chi connectivity index (χ0) is 13.0. The van der Waals surface area contributed by atoms with Crippen LogP contribution in [-0.4, -0.2) is 18.5 Å². The molecule has 0 bridgehead atoms. The van der Waals surface area contributed by atoms with Gasteiger partial charge in [-0.2, -0.15) is 0 Å². The quantitative estimate of drug-likeness (QED) is 0.415. The number of hydrogen-bond donors (Lipinski definition) is 3.